The van der Waals surface area contributed by atoms with E-state index in [2.05, 4.69) is 29.5 Å². The van der Waals surface area contributed by atoms with Gasteiger partial charge in [0.25, 0.3) is 12.3 Å². The van der Waals surface area contributed by atoms with Crippen molar-refractivity contribution in [2.45, 2.75) is 70.6 Å². The summed E-state index contributed by atoms with van der Waals surface area (Å²) in [5.74, 6) is -0.127. The molecule has 10 nitrogen and oxygen atoms in total. The van der Waals surface area contributed by atoms with E-state index >= 15 is 0 Å². The number of pyridine rings is 1. The van der Waals surface area contributed by atoms with Gasteiger partial charge in [0.1, 0.15) is 19.1 Å². The number of nitrogens with zero attached hydrogens (tertiary/aromatic N) is 5. The van der Waals surface area contributed by atoms with Crippen molar-refractivity contribution in [3.05, 3.63) is 24.0 Å². The van der Waals surface area contributed by atoms with Crippen molar-refractivity contribution in [2.24, 2.45) is 5.92 Å². The highest BCUT2D eigenvalue weighted by Gasteiger charge is 2.37. The summed E-state index contributed by atoms with van der Waals surface area (Å²) in [7, 11) is 0.348. The van der Waals surface area contributed by atoms with Crippen LogP contribution in [0, 0.1) is 5.92 Å². The molecule has 1 N–H and O–H groups in total. The van der Waals surface area contributed by atoms with Gasteiger partial charge in [-0.1, -0.05) is 19.6 Å². The second-order valence-electron chi connectivity index (χ2n) is 12.0. The average Bonchev–Trinajstić information content (AvgIpc) is 3.30. The third-order valence-electron chi connectivity index (χ3n) is 7.76. The van der Waals surface area contributed by atoms with E-state index in [1.54, 1.807) is 18.2 Å². The summed E-state index contributed by atoms with van der Waals surface area (Å²) in [6.07, 6.45) is 2.49. The molecule has 0 radical (unpaired) electrons. The number of hydrogen-bond acceptors (Lipinski definition) is 6. The SMILES string of the molecule is COCN1CN([C@H]2CC[C@H](CN(CC(F)F)C(=O)O)CC2)c2c(cnc3c2ccn3COCC[Si](C)(C)C)C1=O. The lowest BCUT2D eigenvalue weighted by Crippen LogP contribution is -2.52. The average molecular weight is 582 g/mol. The number of alkyl halides is 2. The zero-order valence-electron chi connectivity index (χ0n) is 23.8. The van der Waals surface area contributed by atoms with Crippen molar-refractivity contribution >= 4 is 36.8 Å². The van der Waals surface area contributed by atoms with Crippen LogP contribution in [-0.2, 0) is 16.2 Å². The Hall–Kier alpha value is -2.77. The molecule has 2 aromatic heterocycles. The smallest absolute Gasteiger partial charge is 0.407 e. The highest BCUT2D eigenvalue weighted by molar-refractivity contribution is 6.76. The number of methoxy groups -OCH3 is 1. The summed E-state index contributed by atoms with van der Waals surface area (Å²) in [4.78, 5) is 34.2. The Morgan fingerprint density at radius 3 is 2.58 bits per heavy atom. The highest BCUT2D eigenvalue weighted by Crippen LogP contribution is 2.39. The van der Waals surface area contributed by atoms with Crippen LogP contribution in [0.15, 0.2) is 18.5 Å². The number of ether oxygens (including phenoxy) is 2. The van der Waals surface area contributed by atoms with Crippen molar-refractivity contribution in [3.8, 4) is 0 Å². The van der Waals surface area contributed by atoms with Crippen molar-refractivity contribution < 1.29 is 33.0 Å². The fourth-order valence-corrected chi connectivity index (χ4v) is 6.38. The number of rotatable bonds is 12. The van der Waals surface area contributed by atoms with Crippen LogP contribution < -0.4 is 4.90 Å². The molecule has 13 heteroatoms. The standard InChI is InChI=1S/C27H41F2N5O5Si/c1-38-17-33-16-34(20-7-5-19(6-8-20)14-32(27(36)37)15-23(28)29)24-21-9-10-31(18-39-11-12-40(2,3)4)25(21)30-13-22(24)26(33)35/h9-10,13,19-20,23H,5-8,11-12,14-18H2,1-4H3,(H,36,37)/t19-,20-. The van der Waals surface area contributed by atoms with E-state index in [9.17, 15) is 23.5 Å². The molecule has 0 unspecified atom stereocenters. The molecule has 0 bridgehead atoms. The fourth-order valence-electron chi connectivity index (χ4n) is 5.63. The lowest BCUT2D eigenvalue weighted by molar-refractivity contribution is 0.0381. The molecule has 0 atom stereocenters. The maximum absolute atomic E-state index is 13.3. The zero-order valence-corrected chi connectivity index (χ0v) is 24.8. The Kier molecular flexibility index (Phi) is 9.67. The quantitative estimate of drug-likeness (QED) is 0.279. The van der Waals surface area contributed by atoms with Crippen molar-refractivity contribution in [1.82, 2.24) is 19.4 Å². The summed E-state index contributed by atoms with van der Waals surface area (Å²) in [5.41, 5.74) is 2.11. The Morgan fingerprint density at radius 2 is 1.95 bits per heavy atom. The maximum atomic E-state index is 13.3. The summed E-state index contributed by atoms with van der Waals surface area (Å²) < 4.78 is 39.0. The molecule has 222 valence electrons. The molecule has 0 saturated heterocycles. The first-order chi connectivity index (χ1) is 19.0. The number of amides is 2. The number of aromatic nitrogens is 2. The molecule has 2 aromatic rings. The maximum Gasteiger partial charge on any atom is 0.407 e. The molecule has 1 saturated carbocycles. The van der Waals surface area contributed by atoms with Crippen molar-refractivity contribution in [1.29, 1.82) is 0 Å². The largest absolute Gasteiger partial charge is 0.465 e. The topological polar surface area (TPSA) is 100 Å². The van der Waals surface area contributed by atoms with E-state index in [-0.39, 0.29) is 31.1 Å². The van der Waals surface area contributed by atoms with Gasteiger partial charge in [0, 0.05) is 52.2 Å². The van der Waals surface area contributed by atoms with Crippen LogP contribution >= 0.6 is 0 Å². The van der Waals surface area contributed by atoms with Gasteiger partial charge in [0.05, 0.1) is 24.5 Å². The number of carbonyl (C=O) groups excluding carboxylic acids is 1. The molecular formula is C27H41F2N5O5Si. The molecule has 1 fully saturated rings. The molecule has 1 aliphatic heterocycles. The first kappa shape index (κ1) is 30.2. The zero-order chi connectivity index (χ0) is 29.0. The Bertz CT molecular complexity index is 1180. The van der Waals surface area contributed by atoms with Crippen LogP contribution in [0.25, 0.3) is 11.0 Å². The third kappa shape index (κ3) is 7.10. The van der Waals surface area contributed by atoms with Gasteiger partial charge in [-0.3, -0.25) is 9.69 Å². The number of anilines is 1. The number of carboxylic acid groups (broad SMARTS) is 1. The summed E-state index contributed by atoms with van der Waals surface area (Å²) in [6, 6.07) is 3.15. The van der Waals surface area contributed by atoms with Crippen LogP contribution in [0.3, 0.4) is 0 Å². The molecular weight excluding hydrogens is 540 g/mol. The molecule has 4 rings (SSSR count). The molecule has 3 heterocycles. The first-order valence-electron chi connectivity index (χ1n) is 13.8. The predicted molar refractivity (Wildman–Crippen MR) is 151 cm³/mol. The van der Waals surface area contributed by atoms with Gasteiger partial charge in [-0.05, 0) is 43.7 Å². The van der Waals surface area contributed by atoms with Gasteiger partial charge in [-0.15, -0.1) is 0 Å². The Morgan fingerprint density at radius 1 is 1.23 bits per heavy atom. The predicted octanol–water partition coefficient (Wildman–Crippen LogP) is 4.98. The van der Waals surface area contributed by atoms with Crippen molar-refractivity contribution in [3.63, 3.8) is 0 Å². The second kappa shape index (κ2) is 12.8. The van der Waals surface area contributed by atoms with E-state index in [4.69, 9.17) is 9.47 Å². The number of halogens is 2. The van der Waals surface area contributed by atoms with Gasteiger partial charge in [-0.25, -0.2) is 18.6 Å². The van der Waals surface area contributed by atoms with Gasteiger partial charge >= 0.3 is 6.09 Å². The van der Waals surface area contributed by atoms with Gasteiger partial charge in [0.15, 0.2) is 0 Å². The van der Waals surface area contributed by atoms with Gasteiger partial charge in [0.2, 0.25) is 0 Å². The van der Waals surface area contributed by atoms with Crippen LogP contribution in [-0.4, -0.2) is 97.2 Å². The molecule has 2 amide bonds. The summed E-state index contributed by atoms with van der Waals surface area (Å²) in [5, 5.41) is 10.2. The second-order valence-corrected chi connectivity index (χ2v) is 17.6. The van der Waals surface area contributed by atoms with E-state index in [1.165, 1.54) is 0 Å². The van der Waals surface area contributed by atoms with E-state index in [1.807, 2.05) is 16.8 Å². The monoisotopic (exact) mass is 581 g/mol. The van der Waals surface area contributed by atoms with Crippen LogP contribution in [0.4, 0.5) is 19.3 Å². The minimum atomic E-state index is -2.70. The summed E-state index contributed by atoms with van der Waals surface area (Å²) in [6.45, 7) is 7.85. The van der Waals surface area contributed by atoms with Crippen LogP contribution in [0.1, 0.15) is 36.0 Å². The highest BCUT2D eigenvalue weighted by atomic mass is 28.3. The molecule has 0 spiro atoms. The number of hydrogen-bond donors (Lipinski definition) is 1. The van der Waals surface area contributed by atoms with Gasteiger partial charge in [-0.2, -0.15) is 0 Å². The fraction of sp³-hybridized carbons (Fsp3) is 0.667. The van der Waals surface area contributed by atoms with E-state index in [0.717, 1.165) is 40.5 Å². The Labute approximate surface area is 234 Å². The molecule has 40 heavy (non-hydrogen) atoms. The normalized spacial score (nSPS) is 19.9. The number of carbonyl (C=O) groups is 2. The minimum absolute atomic E-state index is 0.0129. The number of fused-ring (bicyclic) bond motifs is 3. The molecule has 1 aliphatic carbocycles. The lowest BCUT2D eigenvalue weighted by Gasteiger charge is -2.44. The molecule has 0 aromatic carbocycles. The Balaban J connectivity index is 1.54. The summed E-state index contributed by atoms with van der Waals surface area (Å²) >= 11 is 0. The minimum Gasteiger partial charge on any atom is -0.465 e. The molecule has 2 aliphatic rings. The van der Waals surface area contributed by atoms with Crippen LogP contribution in [0.2, 0.25) is 25.7 Å². The van der Waals surface area contributed by atoms with Gasteiger partial charge < -0.3 is 28.9 Å². The first-order valence-corrected chi connectivity index (χ1v) is 17.6. The van der Waals surface area contributed by atoms with E-state index < -0.39 is 27.1 Å². The lowest BCUT2D eigenvalue weighted by atomic mass is 9.84. The van der Waals surface area contributed by atoms with E-state index in [0.29, 0.717) is 38.4 Å². The van der Waals surface area contributed by atoms with Crippen molar-refractivity contribution in [2.75, 3.05) is 45.1 Å². The third-order valence-corrected chi connectivity index (χ3v) is 9.47. The van der Waals surface area contributed by atoms with Crippen LogP contribution in [0.5, 0.6) is 0 Å².